The van der Waals surface area contributed by atoms with Crippen molar-refractivity contribution in [2.75, 3.05) is 11.4 Å². The highest BCUT2D eigenvalue weighted by Gasteiger charge is 2.24. The molecule has 1 N–H and O–H groups in total. The highest BCUT2D eigenvalue weighted by molar-refractivity contribution is 5.55. The first-order valence-corrected chi connectivity index (χ1v) is 7.31. The Labute approximate surface area is 111 Å². The van der Waals surface area contributed by atoms with Crippen molar-refractivity contribution in [3.63, 3.8) is 0 Å². The lowest BCUT2D eigenvalue weighted by Crippen LogP contribution is -2.33. The van der Waals surface area contributed by atoms with Gasteiger partial charge in [0.05, 0.1) is 6.10 Å². The van der Waals surface area contributed by atoms with Crippen molar-refractivity contribution in [3.05, 3.63) is 29.8 Å². The lowest BCUT2D eigenvalue weighted by molar-refractivity contribution is 0.174. The smallest absolute Gasteiger partial charge is 0.0807 e. The van der Waals surface area contributed by atoms with Gasteiger partial charge in [0.1, 0.15) is 0 Å². The van der Waals surface area contributed by atoms with Crippen LogP contribution in [0, 0.1) is 0 Å². The van der Waals surface area contributed by atoms with Gasteiger partial charge in [0.25, 0.3) is 0 Å². The molecule has 1 saturated carbocycles. The fourth-order valence-electron chi connectivity index (χ4n) is 3.09. The van der Waals surface area contributed by atoms with Crippen LogP contribution in [0.15, 0.2) is 24.3 Å². The number of aliphatic hydroxyl groups is 1. The normalized spacial score (nSPS) is 17.9. The molecule has 18 heavy (non-hydrogen) atoms. The predicted octanol–water partition coefficient (Wildman–Crippen LogP) is 3.90. The van der Waals surface area contributed by atoms with E-state index in [1.807, 2.05) is 13.0 Å². The van der Waals surface area contributed by atoms with E-state index in [2.05, 4.69) is 30.0 Å². The number of hydrogen-bond donors (Lipinski definition) is 1. The molecule has 1 atom stereocenters. The maximum atomic E-state index is 10.2. The van der Waals surface area contributed by atoms with E-state index in [9.17, 15) is 5.11 Å². The van der Waals surface area contributed by atoms with Crippen molar-refractivity contribution in [3.8, 4) is 0 Å². The highest BCUT2D eigenvalue weighted by Crippen LogP contribution is 2.33. The highest BCUT2D eigenvalue weighted by atomic mass is 16.3. The monoisotopic (exact) mass is 247 g/mol. The molecule has 0 unspecified atom stereocenters. The van der Waals surface area contributed by atoms with Gasteiger partial charge < -0.3 is 10.0 Å². The molecule has 0 aliphatic heterocycles. The van der Waals surface area contributed by atoms with E-state index >= 15 is 0 Å². The first kappa shape index (κ1) is 13.4. The van der Waals surface area contributed by atoms with Crippen LogP contribution in [-0.2, 0) is 0 Å². The van der Waals surface area contributed by atoms with Crippen molar-refractivity contribution in [2.24, 2.45) is 0 Å². The molecule has 1 fully saturated rings. The summed E-state index contributed by atoms with van der Waals surface area (Å²) < 4.78 is 0. The summed E-state index contributed by atoms with van der Waals surface area (Å²) in [5, 5.41) is 10.2. The number of para-hydroxylation sites is 1. The summed E-state index contributed by atoms with van der Waals surface area (Å²) in [4.78, 5) is 2.49. The van der Waals surface area contributed by atoms with Crippen molar-refractivity contribution >= 4 is 5.69 Å². The molecule has 1 aliphatic rings. The minimum absolute atomic E-state index is 0.336. The van der Waals surface area contributed by atoms with Crippen LogP contribution in [0.1, 0.15) is 57.6 Å². The average molecular weight is 247 g/mol. The summed E-state index contributed by atoms with van der Waals surface area (Å²) in [6.07, 6.45) is 5.73. The molecule has 1 aromatic rings. The van der Waals surface area contributed by atoms with Crippen LogP contribution in [0.3, 0.4) is 0 Å². The standard InChI is InChI=1S/C16H25NO/c1-3-16(18)14-11-7-8-12-15(14)17(4-2)13-9-5-6-10-13/h7-8,11-13,16,18H,3-6,9-10H2,1-2H3/t16-/m1/s1. The van der Waals surface area contributed by atoms with Crippen LogP contribution in [0.5, 0.6) is 0 Å². The summed E-state index contributed by atoms with van der Waals surface area (Å²) in [5.41, 5.74) is 2.33. The Hall–Kier alpha value is -1.02. The van der Waals surface area contributed by atoms with Crippen molar-refractivity contribution in [2.45, 2.75) is 58.1 Å². The predicted molar refractivity (Wildman–Crippen MR) is 77.0 cm³/mol. The zero-order valence-corrected chi connectivity index (χ0v) is 11.6. The van der Waals surface area contributed by atoms with Crippen LogP contribution in [0.2, 0.25) is 0 Å². The zero-order chi connectivity index (χ0) is 13.0. The molecule has 0 aromatic heterocycles. The Morgan fingerprint density at radius 1 is 1.22 bits per heavy atom. The first-order valence-electron chi connectivity index (χ1n) is 7.31. The third kappa shape index (κ3) is 2.69. The lowest BCUT2D eigenvalue weighted by atomic mass is 10.0. The molecule has 0 amide bonds. The second-order valence-corrected chi connectivity index (χ2v) is 5.21. The summed E-state index contributed by atoms with van der Waals surface area (Å²) in [7, 11) is 0. The molecule has 100 valence electrons. The Bertz CT molecular complexity index is 371. The number of anilines is 1. The SMILES string of the molecule is CC[C@@H](O)c1ccccc1N(CC)C1CCCC1. The minimum atomic E-state index is -0.336. The molecule has 2 nitrogen and oxygen atoms in total. The average Bonchev–Trinajstić information content (AvgIpc) is 2.93. The van der Waals surface area contributed by atoms with Crippen LogP contribution >= 0.6 is 0 Å². The maximum Gasteiger partial charge on any atom is 0.0807 e. The van der Waals surface area contributed by atoms with E-state index in [0.29, 0.717) is 6.04 Å². The molecule has 1 aliphatic carbocycles. The molecule has 0 saturated heterocycles. The van der Waals surface area contributed by atoms with E-state index in [-0.39, 0.29) is 6.10 Å². The molecule has 0 bridgehead atoms. The fraction of sp³-hybridized carbons (Fsp3) is 0.625. The number of rotatable bonds is 5. The van der Waals surface area contributed by atoms with Gasteiger partial charge in [-0.15, -0.1) is 0 Å². The van der Waals surface area contributed by atoms with Gasteiger partial charge in [-0.05, 0) is 32.3 Å². The van der Waals surface area contributed by atoms with E-state index in [1.54, 1.807) is 0 Å². The quantitative estimate of drug-likeness (QED) is 0.853. The Morgan fingerprint density at radius 2 is 1.89 bits per heavy atom. The second kappa shape index (κ2) is 6.24. The number of benzene rings is 1. The minimum Gasteiger partial charge on any atom is -0.388 e. The van der Waals surface area contributed by atoms with Crippen LogP contribution in [0.4, 0.5) is 5.69 Å². The van der Waals surface area contributed by atoms with Gasteiger partial charge in [-0.25, -0.2) is 0 Å². The van der Waals surface area contributed by atoms with Gasteiger partial charge in [0.2, 0.25) is 0 Å². The lowest BCUT2D eigenvalue weighted by Gasteiger charge is -2.32. The van der Waals surface area contributed by atoms with Crippen LogP contribution < -0.4 is 4.90 Å². The van der Waals surface area contributed by atoms with Crippen LogP contribution in [-0.4, -0.2) is 17.7 Å². The van der Waals surface area contributed by atoms with E-state index in [0.717, 1.165) is 18.5 Å². The number of aliphatic hydroxyl groups excluding tert-OH is 1. The Morgan fingerprint density at radius 3 is 2.50 bits per heavy atom. The largest absolute Gasteiger partial charge is 0.388 e. The van der Waals surface area contributed by atoms with Gasteiger partial charge in [-0.2, -0.15) is 0 Å². The topological polar surface area (TPSA) is 23.5 Å². The molecule has 0 radical (unpaired) electrons. The summed E-state index contributed by atoms with van der Waals surface area (Å²) in [5.74, 6) is 0. The van der Waals surface area contributed by atoms with Gasteiger partial charge in [-0.1, -0.05) is 38.0 Å². The van der Waals surface area contributed by atoms with Crippen LogP contribution in [0.25, 0.3) is 0 Å². The zero-order valence-electron chi connectivity index (χ0n) is 11.6. The van der Waals surface area contributed by atoms with E-state index in [4.69, 9.17) is 0 Å². The van der Waals surface area contributed by atoms with Crippen molar-refractivity contribution < 1.29 is 5.11 Å². The third-order valence-electron chi connectivity index (χ3n) is 4.10. The number of nitrogens with zero attached hydrogens (tertiary/aromatic N) is 1. The molecular formula is C16H25NO. The summed E-state index contributed by atoms with van der Waals surface area (Å²) in [6.45, 7) is 5.28. The second-order valence-electron chi connectivity index (χ2n) is 5.21. The van der Waals surface area contributed by atoms with Gasteiger partial charge in [-0.3, -0.25) is 0 Å². The van der Waals surface area contributed by atoms with E-state index < -0.39 is 0 Å². The fourth-order valence-corrected chi connectivity index (χ4v) is 3.09. The van der Waals surface area contributed by atoms with Crippen molar-refractivity contribution in [1.29, 1.82) is 0 Å². The van der Waals surface area contributed by atoms with E-state index in [1.165, 1.54) is 31.4 Å². The van der Waals surface area contributed by atoms with Gasteiger partial charge in [0.15, 0.2) is 0 Å². The summed E-state index contributed by atoms with van der Waals surface area (Å²) in [6, 6.07) is 9.01. The summed E-state index contributed by atoms with van der Waals surface area (Å²) >= 11 is 0. The molecular weight excluding hydrogens is 222 g/mol. The van der Waals surface area contributed by atoms with Crippen molar-refractivity contribution in [1.82, 2.24) is 0 Å². The first-order chi connectivity index (χ1) is 8.77. The molecule has 0 spiro atoms. The maximum absolute atomic E-state index is 10.2. The number of hydrogen-bond acceptors (Lipinski definition) is 2. The molecule has 2 rings (SSSR count). The Kier molecular flexibility index (Phi) is 4.65. The molecule has 1 aromatic carbocycles. The Balaban J connectivity index is 2.29. The third-order valence-corrected chi connectivity index (χ3v) is 4.10. The molecule has 0 heterocycles. The van der Waals surface area contributed by atoms with Gasteiger partial charge >= 0.3 is 0 Å². The molecule has 2 heteroatoms. The van der Waals surface area contributed by atoms with Gasteiger partial charge in [0, 0.05) is 23.8 Å².